The first kappa shape index (κ1) is 19.4. The van der Waals surface area contributed by atoms with Crippen molar-refractivity contribution in [1.82, 2.24) is 10.3 Å². The van der Waals surface area contributed by atoms with Crippen LogP contribution in [-0.4, -0.2) is 26.8 Å². The van der Waals surface area contributed by atoms with E-state index in [9.17, 15) is 15.2 Å². The van der Waals surface area contributed by atoms with E-state index in [1.807, 2.05) is 44.2 Å². The predicted molar refractivity (Wildman–Crippen MR) is 101 cm³/mol. The molecule has 1 aliphatic rings. The smallest absolute Gasteiger partial charge is 0.293 e. The lowest BCUT2D eigenvalue weighted by molar-refractivity contribution is -0.387. The number of pyridine rings is 1. The highest BCUT2D eigenvalue weighted by molar-refractivity contribution is 5.39. The molecule has 3 unspecified atom stereocenters. The van der Waals surface area contributed by atoms with E-state index in [2.05, 4.69) is 10.3 Å². The van der Waals surface area contributed by atoms with Gasteiger partial charge in [-0.25, -0.2) is 0 Å². The van der Waals surface area contributed by atoms with Gasteiger partial charge in [0, 0.05) is 12.7 Å². The van der Waals surface area contributed by atoms with E-state index in [1.54, 1.807) is 6.07 Å². The van der Waals surface area contributed by atoms with Gasteiger partial charge in [0.1, 0.15) is 11.9 Å². The third kappa shape index (κ3) is 4.00. The molecule has 0 amide bonds. The highest BCUT2D eigenvalue weighted by atomic mass is 16.6. The maximum absolute atomic E-state index is 11.4. The SMILES string of the molecule is CC(C)C1(NCc2ccccc2)OC(c2ccncc2[N+](=O)[O-])CCC1O. The van der Waals surface area contributed by atoms with Crippen LogP contribution in [0.3, 0.4) is 0 Å². The molecule has 27 heavy (non-hydrogen) atoms. The van der Waals surface area contributed by atoms with E-state index >= 15 is 0 Å². The van der Waals surface area contributed by atoms with Gasteiger partial charge in [-0.05, 0) is 30.4 Å². The third-order valence-electron chi connectivity index (χ3n) is 5.18. The molecule has 3 rings (SSSR count). The van der Waals surface area contributed by atoms with Crippen LogP contribution in [-0.2, 0) is 11.3 Å². The van der Waals surface area contributed by atoms with Gasteiger partial charge in [0.25, 0.3) is 5.69 Å². The van der Waals surface area contributed by atoms with Crippen LogP contribution in [0.2, 0.25) is 0 Å². The lowest BCUT2D eigenvalue weighted by Gasteiger charge is -2.48. The summed E-state index contributed by atoms with van der Waals surface area (Å²) in [5.74, 6) is -0.0418. The Labute approximate surface area is 158 Å². The van der Waals surface area contributed by atoms with Gasteiger partial charge in [-0.3, -0.25) is 20.4 Å². The number of nitro groups is 1. The van der Waals surface area contributed by atoms with Crippen molar-refractivity contribution in [2.45, 2.75) is 51.2 Å². The van der Waals surface area contributed by atoms with Gasteiger partial charge in [-0.1, -0.05) is 44.2 Å². The number of ether oxygens (including phenoxy) is 1. The van der Waals surface area contributed by atoms with E-state index in [-0.39, 0.29) is 11.6 Å². The van der Waals surface area contributed by atoms with Gasteiger partial charge >= 0.3 is 0 Å². The predicted octanol–water partition coefficient (Wildman–Crippen LogP) is 3.34. The number of nitrogens with one attached hydrogen (secondary N) is 1. The van der Waals surface area contributed by atoms with E-state index in [0.29, 0.717) is 24.9 Å². The van der Waals surface area contributed by atoms with Crippen molar-refractivity contribution in [3.8, 4) is 0 Å². The Morgan fingerprint density at radius 2 is 2.07 bits per heavy atom. The zero-order chi connectivity index (χ0) is 19.4. The van der Waals surface area contributed by atoms with Gasteiger partial charge in [-0.2, -0.15) is 0 Å². The second kappa shape index (κ2) is 8.12. The summed E-state index contributed by atoms with van der Waals surface area (Å²) in [4.78, 5) is 14.8. The summed E-state index contributed by atoms with van der Waals surface area (Å²) in [7, 11) is 0. The first-order chi connectivity index (χ1) is 12.9. The molecule has 1 aliphatic heterocycles. The monoisotopic (exact) mass is 371 g/mol. The van der Waals surface area contributed by atoms with Crippen molar-refractivity contribution in [3.63, 3.8) is 0 Å². The van der Waals surface area contributed by atoms with Crippen molar-refractivity contribution in [2.24, 2.45) is 5.92 Å². The number of nitrogens with zero attached hydrogens (tertiary/aromatic N) is 2. The summed E-state index contributed by atoms with van der Waals surface area (Å²) in [5.41, 5.74) is 0.522. The molecule has 2 aromatic rings. The molecule has 7 nitrogen and oxygen atoms in total. The van der Waals surface area contributed by atoms with E-state index < -0.39 is 22.9 Å². The Hall–Kier alpha value is -2.35. The summed E-state index contributed by atoms with van der Waals surface area (Å²) in [6.07, 6.45) is 2.59. The molecule has 1 fully saturated rings. The van der Waals surface area contributed by atoms with Crippen molar-refractivity contribution in [2.75, 3.05) is 0 Å². The van der Waals surface area contributed by atoms with E-state index in [0.717, 1.165) is 5.56 Å². The number of hydrogen-bond acceptors (Lipinski definition) is 6. The quantitative estimate of drug-likeness (QED) is 0.597. The Kier molecular flexibility index (Phi) is 5.84. The molecule has 3 atom stereocenters. The Morgan fingerprint density at radius 3 is 2.74 bits per heavy atom. The molecule has 0 radical (unpaired) electrons. The fourth-order valence-corrected chi connectivity index (χ4v) is 3.66. The molecular formula is C20H25N3O4. The van der Waals surface area contributed by atoms with Crippen LogP contribution in [0, 0.1) is 16.0 Å². The number of rotatable bonds is 6. The van der Waals surface area contributed by atoms with E-state index in [4.69, 9.17) is 4.74 Å². The van der Waals surface area contributed by atoms with Gasteiger partial charge in [0.2, 0.25) is 0 Å². The topological polar surface area (TPSA) is 97.5 Å². The zero-order valence-electron chi connectivity index (χ0n) is 15.5. The van der Waals surface area contributed by atoms with Crippen molar-refractivity contribution in [3.05, 3.63) is 70.0 Å². The van der Waals surface area contributed by atoms with E-state index in [1.165, 1.54) is 12.4 Å². The summed E-state index contributed by atoms with van der Waals surface area (Å²) in [6, 6.07) is 11.5. The first-order valence-electron chi connectivity index (χ1n) is 9.17. The van der Waals surface area contributed by atoms with Gasteiger partial charge < -0.3 is 9.84 Å². The van der Waals surface area contributed by atoms with Gasteiger partial charge in [0.05, 0.1) is 22.7 Å². The second-order valence-electron chi connectivity index (χ2n) is 7.18. The summed E-state index contributed by atoms with van der Waals surface area (Å²) in [5, 5.41) is 25.5. The second-order valence-corrected chi connectivity index (χ2v) is 7.18. The average molecular weight is 371 g/mol. The largest absolute Gasteiger partial charge is 0.389 e. The van der Waals surface area contributed by atoms with Crippen molar-refractivity contribution in [1.29, 1.82) is 0 Å². The molecular weight excluding hydrogens is 346 g/mol. The Morgan fingerprint density at radius 1 is 1.33 bits per heavy atom. The molecule has 0 bridgehead atoms. The van der Waals surface area contributed by atoms with Crippen molar-refractivity contribution >= 4 is 5.69 Å². The minimum atomic E-state index is -0.990. The molecule has 1 aromatic heterocycles. The molecule has 1 aromatic carbocycles. The minimum Gasteiger partial charge on any atom is -0.389 e. The number of benzene rings is 1. The number of aromatic nitrogens is 1. The molecule has 0 saturated carbocycles. The molecule has 7 heteroatoms. The maximum Gasteiger partial charge on any atom is 0.293 e. The average Bonchev–Trinajstić information content (AvgIpc) is 2.68. The molecule has 2 heterocycles. The number of hydrogen-bond donors (Lipinski definition) is 2. The van der Waals surface area contributed by atoms with Gasteiger partial charge in [0.15, 0.2) is 0 Å². The molecule has 0 aliphatic carbocycles. The summed E-state index contributed by atoms with van der Waals surface area (Å²) in [6.45, 7) is 4.48. The normalized spacial score (nSPS) is 25.5. The maximum atomic E-state index is 11.4. The fraction of sp³-hybridized carbons (Fsp3) is 0.450. The van der Waals surface area contributed by atoms with Gasteiger partial charge in [-0.15, -0.1) is 0 Å². The highest BCUT2D eigenvalue weighted by Gasteiger charge is 2.48. The lowest BCUT2D eigenvalue weighted by Crippen LogP contribution is -2.62. The molecule has 0 spiro atoms. The molecule has 1 saturated heterocycles. The number of aliphatic hydroxyl groups excluding tert-OH is 1. The zero-order valence-corrected chi connectivity index (χ0v) is 15.5. The highest BCUT2D eigenvalue weighted by Crippen LogP contribution is 2.42. The third-order valence-corrected chi connectivity index (χ3v) is 5.18. The molecule has 2 N–H and O–H groups in total. The fourth-order valence-electron chi connectivity index (χ4n) is 3.66. The first-order valence-corrected chi connectivity index (χ1v) is 9.17. The minimum absolute atomic E-state index is 0.0418. The van der Waals surface area contributed by atoms with Crippen LogP contribution in [0.4, 0.5) is 5.69 Å². The van der Waals surface area contributed by atoms with Crippen LogP contribution in [0.1, 0.15) is 43.9 Å². The Bertz CT molecular complexity index is 784. The molecule has 144 valence electrons. The standard InChI is InChI=1S/C20H25N3O4/c1-14(2)20(22-12-15-6-4-3-5-7-15)19(24)9-8-18(27-20)16-10-11-21-13-17(16)23(25)26/h3-7,10-11,13-14,18-19,22,24H,8-9,12H2,1-2H3. The summed E-state index contributed by atoms with van der Waals surface area (Å²) >= 11 is 0. The van der Waals surface area contributed by atoms with Crippen LogP contribution < -0.4 is 5.32 Å². The van der Waals surface area contributed by atoms with Crippen LogP contribution in [0.15, 0.2) is 48.8 Å². The van der Waals surface area contributed by atoms with Crippen LogP contribution in [0.25, 0.3) is 0 Å². The number of aliphatic hydroxyl groups is 1. The van der Waals surface area contributed by atoms with Crippen LogP contribution >= 0.6 is 0 Å². The van der Waals surface area contributed by atoms with Crippen molar-refractivity contribution < 1.29 is 14.8 Å². The summed E-state index contributed by atoms with van der Waals surface area (Å²) < 4.78 is 6.35. The Balaban J connectivity index is 1.88. The lowest BCUT2D eigenvalue weighted by atomic mass is 9.85. The van der Waals surface area contributed by atoms with Crippen LogP contribution in [0.5, 0.6) is 0 Å².